The summed E-state index contributed by atoms with van der Waals surface area (Å²) in [5.41, 5.74) is 2.37. The van der Waals surface area contributed by atoms with Crippen molar-refractivity contribution < 1.29 is 9.72 Å². The van der Waals surface area contributed by atoms with Gasteiger partial charge >= 0.3 is 0 Å². The SMILES string of the molecule is O=C(Nc1c[nH]c(=O)c(-c2cccc3[nH]ccc23)c1)c1ccc([N+](=O)[O-])cc1. The van der Waals surface area contributed by atoms with E-state index in [1.54, 1.807) is 12.3 Å². The van der Waals surface area contributed by atoms with Gasteiger partial charge in [0.05, 0.1) is 10.6 Å². The van der Waals surface area contributed by atoms with Crippen LogP contribution in [0, 0.1) is 10.1 Å². The molecule has 0 fully saturated rings. The topological polar surface area (TPSA) is 121 Å². The molecule has 0 bridgehead atoms. The van der Waals surface area contributed by atoms with E-state index in [1.165, 1.54) is 30.5 Å². The summed E-state index contributed by atoms with van der Waals surface area (Å²) in [7, 11) is 0. The zero-order valence-corrected chi connectivity index (χ0v) is 14.4. The number of hydrogen-bond acceptors (Lipinski definition) is 4. The van der Waals surface area contributed by atoms with Gasteiger partial charge in [0.1, 0.15) is 0 Å². The van der Waals surface area contributed by atoms with Gasteiger partial charge in [-0.3, -0.25) is 19.7 Å². The molecule has 28 heavy (non-hydrogen) atoms. The maximum Gasteiger partial charge on any atom is 0.269 e. The summed E-state index contributed by atoms with van der Waals surface area (Å²) in [5, 5.41) is 14.3. The largest absolute Gasteiger partial charge is 0.361 e. The number of nitrogens with zero attached hydrogens (tertiary/aromatic N) is 1. The Bertz CT molecular complexity index is 1260. The molecule has 0 unspecified atom stereocenters. The van der Waals surface area contributed by atoms with Gasteiger partial charge in [-0.15, -0.1) is 0 Å². The molecule has 4 aromatic rings. The third-order valence-corrected chi connectivity index (χ3v) is 4.39. The lowest BCUT2D eigenvalue weighted by Crippen LogP contribution is -2.15. The minimum absolute atomic E-state index is 0.0949. The summed E-state index contributed by atoms with van der Waals surface area (Å²) in [5.74, 6) is -0.437. The lowest BCUT2D eigenvalue weighted by molar-refractivity contribution is -0.384. The van der Waals surface area contributed by atoms with Crippen LogP contribution in [0.2, 0.25) is 0 Å². The van der Waals surface area contributed by atoms with Crippen molar-refractivity contribution in [2.45, 2.75) is 0 Å². The lowest BCUT2D eigenvalue weighted by Gasteiger charge is -2.08. The molecule has 0 spiro atoms. The molecule has 2 heterocycles. The van der Waals surface area contributed by atoms with Crippen LogP contribution in [0.15, 0.2) is 71.8 Å². The molecule has 8 nitrogen and oxygen atoms in total. The van der Waals surface area contributed by atoms with E-state index in [0.29, 0.717) is 11.3 Å². The Morgan fingerprint density at radius 2 is 1.79 bits per heavy atom. The molecular weight excluding hydrogens is 360 g/mol. The molecule has 8 heteroatoms. The molecule has 2 aromatic carbocycles. The Balaban J connectivity index is 1.66. The standard InChI is InChI=1S/C20H14N4O4/c25-19(12-4-6-14(7-5-12)24(27)28)23-13-10-17(20(26)22-11-13)15-2-1-3-18-16(15)8-9-21-18/h1-11,21H,(H,22,26)(H,23,25). The van der Waals surface area contributed by atoms with Crippen LogP contribution >= 0.6 is 0 Å². The van der Waals surface area contributed by atoms with Gasteiger partial charge in [0.15, 0.2) is 0 Å². The molecule has 2 aromatic heterocycles. The number of pyridine rings is 1. The number of aromatic amines is 2. The number of carbonyl (C=O) groups excluding carboxylic acids is 1. The van der Waals surface area contributed by atoms with E-state index < -0.39 is 10.8 Å². The highest BCUT2D eigenvalue weighted by Gasteiger charge is 2.13. The molecular formula is C20H14N4O4. The van der Waals surface area contributed by atoms with Crippen LogP contribution in [0.25, 0.3) is 22.0 Å². The predicted octanol–water partition coefficient (Wildman–Crippen LogP) is 3.68. The van der Waals surface area contributed by atoms with E-state index in [1.807, 2.05) is 24.3 Å². The van der Waals surface area contributed by atoms with E-state index in [0.717, 1.165) is 16.5 Å². The van der Waals surface area contributed by atoms with Crippen molar-refractivity contribution in [2.75, 3.05) is 5.32 Å². The van der Waals surface area contributed by atoms with Crippen LogP contribution in [0.5, 0.6) is 0 Å². The monoisotopic (exact) mass is 374 g/mol. The number of aromatic nitrogens is 2. The highest BCUT2D eigenvalue weighted by molar-refractivity contribution is 6.05. The fourth-order valence-electron chi connectivity index (χ4n) is 3.01. The predicted molar refractivity (Wildman–Crippen MR) is 105 cm³/mol. The van der Waals surface area contributed by atoms with Crippen LogP contribution in [0.4, 0.5) is 11.4 Å². The van der Waals surface area contributed by atoms with Crippen LogP contribution in [-0.2, 0) is 0 Å². The lowest BCUT2D eigenvalue weighted by atomic mass is 10.0. The van der Waals surface area contributed by atoms with Crippen LogP contribution in [0.3, 0.4) is 0 Å². The van der Waals surface area contributed by atoms with Crippen LogP contribution in [0.1, 0.15) is 10.4 Å². The fraction of sp³-hybridized carbons (Fsp3) is 0. The van der Waals surface area contributed by atoms with E-state index in [2.05, 4.69) is 15.3 Å². The average molecular weight is 374 g/mol. The Hall–Kier alpha value is -4.20. The first-order valence-corrected chi connectivity index (χ1v) is 8.38. The molecule has 0 aliphatic carbocycles. The van der Waals surface area contributed by atoms with Gasteiger partial charge in [0.2, 0.25) is 0 Å². The summed E-state index contributed by atoms with van der Waals surface area (Å²) in [4.78, 5) is 40.7. The zero-order chi connectivity index (χ0) is 19.7. The minimum atomic E-state index is -0.530. The number of fused-ring (bicyclic) bond motifs is 1. The number of carbonyl (C=O) groups is 1. The smallest absolute Gasteiger partial charge is 0.269 e. The third-order valence-electron chi connectivity index (χ3n) is 4.39. The Labute approximate surface area is 158 Å². The Morgan fingerprint density at radius 3 is 2.54 bits per heavy atom. The maximum atomic E-state index is 12.4. The molecule has 0 atom stereocenters. The quantitative estimate of drug-likeness (QED) is 0.373. The fourth-order valence-corrected chi connectivity index (χ4v) is 3.01. The van der Waals surface area contributed by atoms with Gasteiger partial charge in [-0.2, -0.15) is 0 Å². The highest BCUT2D eigenvalue weighted by atomic mass is 16.6. The van der Waals surface area contributed by atoms with Gasteiger partial charge in [0.25, 0.3) is 17.2 Å². The number of anilines is 1. The second-order valence-electron chi connectivity index (χ2n) is 6.13. The number of hydrogen-bond donors (Lipinski definition) is 3. The maximum absolute atomic E-state index is 12.4. The van der Waals surface area contributed by atoms with Crippen LogP contribution in [-0.4, -0.2) is 20.8 Å². The van der Waals surface area contributed by atoms with Crippen LogP contribution < -0.4 is 10.9 Å². The summed E-state index contributed by atoms with van der Waals surface area (Å²) in [6, 6.07) is 14.3. The summed E-state index contributed by atoms with van der Waals surface area (Å²) < 4.78 is 0. The minimum Gasteiger partial charge on any atom is -0.361 e. The normalized spacial score (nSPS) is 10.7. The number of nitrogens with one attached hydrogen (secondary N) is 3. The first-order chi connectivity index (χ1) is 13.5. The molecule has 1 amide bonds. The van der Waals surface area contributed by atoms with Gasteiger partial charge < -0.3 is 15.3 Å². The Kier molecular flexibility index (Phi) is 4.21. The number of non-ortho nitro benzene ring substituents is 1. The van der Waals surface area contributed by atoms with Gasteiger partial charge in [-0.1, -0.05) is 12.1 Å². The molecule has 3 N–H and O–H groups in total. The first-order valence-electron chi connectivity index (χ1n) is 8.38. The van der Waals surface area contributed by atoms with Gasteiger partial charge in [-0.25, -0.2) is 0 Å². The van der Waals surface area contributed by atoms with E-state index in [9.17, 15) is 19.7 Å². The van der Waals surface area contributed by atoms with E-state index >= 15 is 0 Å². The van der Waals surface area contributed by atoms with E-state index in [4.69, 9.17) is 0 Å². The van der Waals surface area contributed by atoms with E-state index in [-0.39, 0.29) is 16.8 Å². The van der Waals surface area contributed by atoms with Gasteiger partial charge in [-0.05, 0) is 35.9 Å². The van der Waals surface area contributed by atoms with Crippen molar-refractivity contribution in [3.05, 3.63) is 93.0 Å². The average Bonchev–Trinajstić information content (AvgIpc) is 3.18. The Morgan fingerprint density at radius 1 is 1.00 bits per heavy atom. The number of amides is 1. The second-order valence-corrected chi connectivity index (χ2v) is 6.13. The number of nitro groups is 1. The zero-order valence-electron chi connectivity index (χ0n) is 14.4. The van der Waals surface area contributed by atoms with Crippen molar-refractivity contribution >= 4 is 28.2 Å². The van der Waals surface area contributed by atoms with Crippen molar-refractivity contribution in [3.63, 3.8) is 0 Å². The molecule has 0 saturated carbocycles. The second kappa shape index (κ2) is 6.84. The summed E-state index contributed by atoms with van der Waals surface area (Å²) >= 11 is 0. The highest BCUT2D eigenvalue weighted by Crippen LogP contribution is 2.27. The van der Waals surface area contributed by atoms with Crippen molar-refractivity contribution in [1.82, 2.24) is 9.97 Å². The van der Waals surface area contributed by atoms with Gasteiger partial charge in [0, 0.05) is 46.6 Å². The summed E-state index contributed by atoms with van der Waals surface area (Å²) in [6.45, 7) is 0. The molecule has 4 rings (SSSR count). The number of benzene rings is 2. The van der Waals surface area contributed by atoms with Crippen molar-refractivity contribution in [1.29, 1.82) is 0 Å². The molecule has 0 aliphatic rings. The van der Waals surface area contributed by atoms with Crippen molar-refractivity contribution in [2.24, 2.45) is 0 Å². The van der Waals surface area contributed by atoms with Crippen molar-refractivity contribution in [3.8, 4) is 11.1 Å². The summed E-state index contributed by atoms with van der Waals surface area (Å²) in [6.07, 6.45) is 3.20. The number of H-pyrrole nitrogens is 2. The number of rotatable bonds is 4. The number of nitro benzene ring substituents is 1. The molecule has 0 saturated heterocycles. The third kappa shape index (κ3) is 3.14. The molecule has 0 aliphatic heterocycles. The first kappa shape index (κ1) is 17.2. The molecule has 138 valence electrons. The molecule has 0 radical (unpaired) electrons.